The van der Waals surface area contributed by atoms with E-state index in [1.54, 1.807) is 11.1 Å². The summed E-state index contributed by atoms with van der Waals surface area (Å²) in [6.45, 7) is 11.0. The number of nitrogens with one attached hydrogen (secondary N) is 1. The minimum atomic E-state index is 0.363. The molecular formula is C21H32N2. The molecule has 0 unspecified atom stereocenters. The lowest BCUT2D eigenvalue weighted by Crippen LogP contribution is -2.58. The van der Waals surface area contributed by atoms with Crippen molar-refractivity contribution in [3.05, 3.63) is 29.3 Å². The molecule has 1 aromatic carbocycles. The van der Waals surface area contributed by atoms with Crippen LogP contribution < -0.4 is 5.32 Å². The Morgan fingerprint density at radius 3 is 2.87 bits per heavy atom. The van der Waals surface area contributed by atoms with Crippen LogP contribution in [-0.4, -0.2) is 30.6 Å². The first kappa shape index (κ1) is 15.5. The predicted molar refractivity (Wildman–Crippen MR) is 98.1 cm³/mol. The van der Waals surface area contributed by atoms with Gasteiger partial charge in [0.25, 0.3) is 0 Å². The topological polar surface area (TPSA) is 15.3 Å². The van der Waals surface area contributed by atoms with Gasteiger partial charge < -0.3 is 5.32 Å². The van der Waals surface area contributed by atoms with Gasteiger partial charge in [0, 0.05) is 24.8 Å². The van der Waals surface area contributed by atoms with Crippen molar-refractivity contribution in [3.63, 3.8) is 0 Å². The molecule has 23 heavy (non-hydrogen) atoms. The van der Waals surface area contributed by atoms with Gasteiger partial charge >= 0.3 is 0 Å². The molecule has 1 aliphatic heterocycles. The molecule has 4 rings (SSSR count). The second kappa shape index (κ2) is 5.81. The highest BCUT2D eigenvalue weighted by Gasteiger charge is 2.48. The molecule has 0 spiro atoms. The highest BCUT2D eigenvalue weighted by molar-refractivity contribution is 5.53. The lowest BCUT2D eigenvalue weighted by molar-refractivity contribution is 0.0284. The van der Waals surface area contributed by atoms with E-state index >= 15 is 0 Å². The van der Waals surface area contributed by atoms with Crippen molar-refractivity contribution in [2.24, 2.45) is 11.8 Å². The molecule has 1 N–H and O–H groups in total. The minimum Gasteiger partial charge on any atom is -0.385 e. The van der Waals surface area contributed by atoms with E-state index in [2.05, 4.69) is 49.2 Å². The predicted octanol–water partition coefficient (Wildman–Crippen LogP) is 4.44. The third-order valence-corrected chi connectivity index (χ3v) is 6.89. The van der Waals surface area contributed by atoms with Crippen LogP contribution in [0.2, 0.25) is 0 Å². The first-order chi connectivity index (χ1) is 11.1. The molecule has 1 heterocycles. The summed E-state index contributed by atoms with van der Waals surface area (Å²) in [6.07, 6.45) is 6.70. The zero-order chi connectivity index (χ0) is 16.0. The molecule has 2 heteroatoms. The Balaban J connectivity index is 1.63. The molecular weight excluding hydrogens is 280 g/mol. The molecule has 3 aliphatic rings. The van der Waals surface area contributed by atoms with E-state index in [4.69, 9.17) is 0 Å². The van der Waals surface area contributed by atoms with E-state index in [1.807, 2.05) is 0 Å². The molecule has 0 aromatic heterocycles. The second-order valence-electron chi connectivity index (χ2n) is 8.46. The van der Waals surface area contributed by atoms with Crippen LogP contribution in [0.1, 0.15) is 57.6 Å². The Morgan fingerprint density at radius 2 is 2.13 bits per heavy atom. The van der Waals surface area contributed by atoms with Gasteiger partial charge in [-0.15, -0.1) is 0 Å². The molecule has 0 radical (unpaired) electrons. The maximum atomic E-state index is 3.58. The van der Waals surface area contributed by atoms with Crippen molar-refractivity contribution < 1.29 is 0 Å². The van der Waals surface area contributed by atoms with Crippen molar-refractivity contribution in [3.8, 4) is 0 Å². The molecule has 3 atom stereocenters. The van der Waals surface area contributed by atoms with Gasteiger partial charge in [-0.1, -0.05) is 26.8 Å². The third-order valence-electron chi connectivity index (χ3n) is 6.89. The summed E-state index contributed by atoms with van der Waals surface area (Å²) in [4.78, 5) is 2.83. The lowest BCUT2D eigenvalue weighted by atomic mass is 9.59. The number of rotatable bonds is 5. The zero-order valence-corrected chi connectivity index (χ0v) is 15.1. The number of fused-ring (bicyclic) bond motifs is 4. The van der Waals surface area contributed by atoms with E-state index in [-0.39, 0.29) is 0 Å². The molecule has 1 saturated carbocycles. The van der Waals surface area contributed by atoms with Crippen molar-refractivity contribution in [1.82, 2.24) is 4.90 Å². The fourth-order valence-electron chi connectivity index (χ4n) is 4.95. The molecule has 1 saturated heterocycles. The Kier molecular flexibility index (Phi) is 3.91. The van der Waals surface area contributed by atoms with Crippen LogP contribution >= 0.6 is 0 Å². The molecule has 0 amide bonds. The molecule has 126 valence electrons. The van der Waals surface area contributed by atoms with E-state index in [0.29, 0.717) is 5.41 Å². The summed E-state index contributed by atoms with van der Waals surface area (Å²) in [7, 11) is 0. The van der Waals surface area contributed by atoms with Gasteiger partial charge in [-0.2, -0.15) is 0 Å². The number of hydrogen-bond donors (Lipinski definition) is 1. The van der Waals surface area contributed by atoms with Crippen molar-refractivity contribution in [2.75, 3.05) is 25.0 Å². The Hall–Kier alpha value is -1.02. The maximum absolute atomic E-state index is 3.58. The minimum absolute atomic E-state index is 0.363. The van der Waals surface area contributed by atoms with E-state index in [0.717, 1.165) is 24.4 Å². The number of hydrogen-bond acceptors (Lipinski definition) is 2. The van der Waals surface area contributed by atoms with Crippen LogP contribution in [0.4, 0.5) is 5.69 Å². The quantitative estimate of drug-likeness (QED) is 0.864. The normalized spacial score (nSPS) is 33.3. The van der Waals surface area contributed by atoms with Crippen LogP contribution in [0.3, 0.4) is 0 Å². The summed E-state index contributed by atoms with van der Waals surface area (Å²) in [5.74, 6) is 1.78. The highest BCUT2D eigenvalue weighted by atomic mass is 15.2. The zero-order valence-electron chi connectivity index (χ0n) is 15.1. The van der Waals surface area contributed by atoms with Crippen molar-refractivity contribution in [1.29, 1.82) is 0 Å². The molecule has 2 bridgehead atoms. The SMILES string of the molecule is CCCNc1ccc2c(c1)[C@]1(C)CCN(CC3CC3)[C@H](C2)[C@H]1C. The largest absolute Gasteiger partial charge is 0.385 e. The van der Waals surface area contributed by atoms with Crippen LogP contribution in [0.5, 0.6) is 0 Å². The maximum Gasteiger partial charge on any atom is 0.0343 e. The number of benzene rings is 1. The van der Waals surface area contributed by atoms with Gasteiger partial charge in [0.2, 0.25) is 0 Å². The second-order valence-corrected chi connectivity index (χ2v) is 8.46. The Labute approximate surface area is 141 Å². The van der Waals surface area contributed by atoms with E-state index in [1.165, 1.54) is 50.9 Å². The van der Waals surface area contributed by atoms with Crippen LogP contribution in [0, 0.1) is 11.8 Å². The highest BCUT2D eigenvalue weighted by Crippen LogP contribution is 2.49. The summed E-state index contributed by atoms with van der Waals surface area (Å²) in [5, 5.41) is 3.58. The first-order valence-electron chi connectivity index (χ1n) is 9.73. The fraction of sp³-hybridized carbons (Fsp3) is 0.714. The number of likely N-dealkylation sites (tertiary alicyclic amines) is 1. The van der Waals surface area contributed by atoms with Gasteiger partial charge in [0.1, 0.15) is 0 Å². The molecule has 2 nitrogen and oxygen atoms in total. The number of nitrogens with zero attached hydrogens (tertiary/aromatic N) is 1. The van der Waals surface area contributed by atoms with Gasteiger partial charge in [0.05, 0.1) is 0 Å². The monoisotopic (exact) mass is 312 g/mol. The lowest BCUT2D eigenvalue weighted by Gasteiger charge is -2.55. The third kappa shape index (κ3) is 2.69. The summed E-state index contributed by atoms with van der Waals surface area (Å²) < 4.78 is 0. The summed E-state index contributed by atoms with van der Waals surface area (Å²) in [6, 6.07) is 7.94. The Bertz CT molecular complexity index is 577. The number of anilines is 1. The molecule has 2 aliphatic carbocycles. The van der Waals surface area contributed by atoms with E-state index in [9.17, 15) is 0 Å². The average molecular weight is 313 g/mol. The summed E-state index contributed by atoms with van der Waals surface area (Å²) >= 11 is 0. The smallest absolute Gasteiger partial charge is 0.0343 e. The summed E-state index contributed by atoms with van der Waals surface area (Å²) in [5.41, 5.74) is 4.92. The van der Waals surface area contributed by atoms with Crippen LogP contribution in [-0.2, 0) is 11.8 Å². The van der Waals surface area contributed by atoms with Crippen molar-refractivity contribution >= 4 is 5.69 Å². The fourth-order valence-corrected chi connectivity index (χ4v) is 4.95. The van der Waals surface area contributed by atoms with Gasteiger partial charge in [-0.3, -0.25) is 4.90 Å². The van der Waals surface area contributed by atoms with Crippen LogP contribution in [0.15, 0.2) is 18.2 Å². The van der Waals surface area contributed by atoms with Crippen molar-refractivity contribution in [2.45, 2.75) is 64.3 Å². The standard InChI is InChI=1S/C21H32N2/c1-4-10-22-18-8-7-17-12-20-15(2)21(3,19(17)13-18)9-11-23(20)14-16-5-6-16/h7-8,13,15-16,20,22H,4-6,9-12,14H2,1-3H3/t15-,20-,21-/m1/s1. The number of piperidine rings is 1. The Morgan fingerprint density at radius 1 is 1.30 bits per heavy atom. The first-order valence-corrected chi connectivity index (χ1v) is 9.73. The van der Waals surface area contributed by atoms with Crippen LogP contribution in [0.25, 0.3) is 0 Å². The molecule has 2 fully saturated rings. The molecule has 1 aromatic rings. The average Bonchev–Trinajstić information content (AvgIpc) is 3.36. The van der Waals surface area contributed by atoms with E-state index < -0.39 is 0 Å². The van der Waals surface area contributed by atoms with Gasteiger partial charge in [0.15, 0.2) is 0 Å². The van der Waals surface area contributed by atoms with Gasteiger partial charge in [-0.25, -0.2) is 0 Å². The van der Waals surface area contributed by atoms with Gasteiger partial charge in [-0.05, 0) is 79.2 Å².